The second-order valence-electron chi connectivity index (χ2n) is 5.66. The van der Waals surface area contributed by atoms with Crippen molar-refractivity contribution < 1.29 is 4.79 Å². The smallest absolute Gasteiger partial charge is 0.251 e. The topological polar surface area (TPSA) is 41.1 Å². The molecule has 110 valence electrons. The van der Waals surface area contributed by atoms with Crippen molar-refractivity contribution >= 4 is 17.7 Å². The number of thioether (sulfide) groups is 1. The van der Waals surface area contributed by atoms with Gasteiger partial charge in [-0.2, -0.15) is 0 Å². The summed E-state index contributed by atoms with van der Waals surface area (Å²) in [5, 5.41) is 7.10. The van der Waals surface area contributed by atoms with Crippen LogP contribution in [0.2, 0.25) is 0 Å². The number of carbonyl (C=O) groups is 1. The van der Waals surface area contributed by atoms with Gasteiger partial charge in [-0.3, -0.25) is 4.79 Å². The van der Waals surface area contributed by atoms with Crippen LogP contribution < -0.4 is 10.6 Å². The summed E-state index contributed by atoms with van der Waals surface area (Å²) < 4.78 is 0. The number of hydrogen-bond acceptors (Lipinski definition) is 3. The Morgan fingerprint density at radius 2 is 2.05 bits per heavy atom. The molecule has 2 unspecified atom stereocenters. The van der Waals surface area contributed by atoms with E-state index in [1.807, 2.05) is 36.0 Å². The van der Waals surface area contributed by atoms with Crippen molar-refractivity contribution in [1.29, 1.82) is 0 Å². The molecule has 1 amide bonds. The van der Waals surface area contributed by atoms with Crippen LogP contribution in [0, 0.1) is 0 Å². The molecule has 2 rings (SSSR count). The Morgan fingerprint density at radius 3 is 2.65 bits per heavy atom. The van der Waals surface area contributed by atoms with E-state index in [0.29, 0.717) is 11.3 Å². The summed E-state index contributed by atoms with van der Waals surface area (Å²) in [4.78, 5) is 13.5. The molecular formula is C16H24N2OS. The van der Waals surface area contributed by atoms with Gasteiger partial charge in [0, 0.05) is 27.8 Å². The van der Waals surface area contributed by atoms with Gasteiger partial charge in [-0.25, -0.2) is 0 Å². The molecule has 0 spiro atoms. The highest BCUT2D eigenvalue weighted by Crippen LogP contribution is 2.23. The molecule has 20 heavy (non-hydrogen) atoms. The highest BCUT2D eigenvalue weighted by molar-refractivity contribution is 7.99. The van der Waals surface area contributed by atoms with Crippen LogP contribution in [0.5, 0.6) is 0 Å². The second-order valence-corrected chi connectivity index (χ2v) is 7.31. The van der Waals surface area contributed by atoms with Gasteiger partial charge in [0.05, 0.1) is 0 Å². The summed E-state index contributed by atoms with van der Waals surface area (Å²) in [5.74, 6) is 0.0339. The van der Waals surface area contributed by atoms with Crippen molar-refractivity contribution in [2.45, 2.75) is 55.8 Å². The molecule has 1 aliphatic rings. The molecule has 2 N–H and O–H groups in total. The predicted molar refractivity (Wildman–Crippen MR) is 85.4 cm³/mol. The molecule has 4 heteroatoms. The van der Waals surface area contributed by atoms with Gasteiger partial charge in [-0.15, -0.1) is 11.8 Å². The fourth-order valence-corrected chi connectivity index (χ4v) is 3.29. The van der Waals surface area contributed by atoms with Crippen molar-refractivity contribution in [2.75, 3.05) is 6.54 Å². The molecule has 1 aromatic carbocycles. The average molecular weight is 292 g/mol. The Labute approximate surface area is 125 Å². The lowest BCUT2D eigenvalue weighted by atomic mass is 9.99. The SMILES string of the molecule is CC(C)Sc1ccc(C(=O)NC2CCCNC2C)cc1. The number of benzene rings is 1. The van der Waals surface area contributed by atoms with Crippen molar-refractivity contribution in [2.24, 2.45) is 0 Å². The zero-order valence-electron chi connectivity index (χ0n) is 12.5. The van der Waals surface area contributed by atoms with E-state index in [1.165, 1.54) is 4.90 Å². The zero-order chi connectivity index (χ0) is 14.5. The first-order valence-electron chi connectivity index (χ1n) is 7.37. The molecule has 1 saturated heterocycles. The lowest BCUT2D eigenvalue weighted by Gasteiger charge is -2.30. The maximum Gasteiger partial charge on any atom is 0.251 e. The van der Waals surface area contributed by atoms with Gasteiger partial charge < -0.3 is 10.6 Å². The molecule has 2 atom stereocenters. The van der Waals surface area contributed by atoms with Gasteiger partial charge in [0.2, 0.25) is 0 Å². The molecule has 0 saturated carbocycles. The van der Waals surface area contributed by atoms with Crippen molar-refractivity contribution in [3.05, 3.63) is 29.8 Å². The number of hydrogen-bond donors (Lipinski definition) is 2. The summed E-state index contributed by atoms with van der Waals surface area (Å²) >= 11 is 1.81. The van der Waals surface area contributed by atoms with Gasteiger partial charge >= 0.3 is 0 Å². The van der Waals surface area contributed by atoms with Gasteiger partial charge in [0.25, 0.3) is 5.91 Å². The largest absolute Gasteiger partial charge is 0.348 e. The molecule has 0 bridgehead atoms. The first-order valence-corrected chi connectivity index (χ1v) is 8.25. The molecule has 1 heterocycles. The van der Waals surface area contributed by atoms with E-state index in [2.05, 4.69) is 31.4 Å². The zero-order valence-corrected chi connectivity index (χ0v) is 13.3. The fourth-order valence-electron chi connectivity index (χ4n) is 2.45. The standard InChI is InChI=1S/C16H24N2OS/c1-11(2)20-14-8-6-13(7-9-14)16(19)18-15-5-4-10-17-12(15)3/h6-9,11-12,15,17H,4-5,10H2,1-3H3,(H,18,19). The lowest BCUT2D eigenvalue weighted by Crippen LogP contribution is -2.51. The van der Waals surface area contributed by atoms with E-state index in [-0.39, 0.29) is 11.9 Å². The maximum absolute atomic E-state index is 12.2. The van der Waals surface area contributed by atoms with Gasteiger partial charge in [0.1, 0.15) is 0 Å². The van der Waals surface area contributed by atoms with Crippen LogP contribution in [0.25, 0.3) is 0 Å². The van der Waals surface area contributed by atoms with Gasteiger partial charge in [0.15, 0.2) is 0 Å². The van der Waals surface area contributed by atoms with E-state index < -0.39 is 0 Å². The number of amides is 1. The molecule has 0 aromatic heterocycles. The highest BCUT2D eigenvalue weighted by atomic mass is 32.2. The van der Waals surface area contributed by atoms with Crippen molar-refractivity contribution in [1.82, 2.24) is 10.6 Å². The second kappa shape index (κ2) is 7.14. The molecule has 0 aliphatic carbocycles. The Morgan fingerprint density at radius 1 is 1.35 bits per heavy atom. The maximum atomic E-state index is 12.2. The monoisotopic (exact) mass is 292 g/mol. The fraction of sp³-hybridized carbons (Fsp3) is 0.562. The van der Waals surface area contributed by atoms with E-state index in [9.17, 15) is 4.79 Å². The molecule has 0 radical (unpaired) electrons. The van der Waals surface area contributed by atoms with E-state index >= 15 is 0 Å². The van der Waals surface area contributed by atoms with Gasteiger partial charge in [-0.05, 0) is 50.6 Å². The Bertz CT molecular complexity index is 444. The highest BCUT2D eigenvalue weighted by Gasteiger charge is 2.22. The minimum atomic E-state index is 0.0339. The third-order valence-corrected chi connectivity index (χ3v) is 4.58. The lowest BCUT2D eigenvalue weighted by molar-refractivity contribution is 0.0920. The molecule has 1 fully saturated rings. The van der Waals surface area contributed by atoms with Crippen LogP contribution in [-0.4, -0.2) is 29.8 Å². The minimum Gasteiger partial charge on any atom is -0.348 e. The summed E-state index contributed by atoms with van der Waals surface area (Å²) in [5.41, 5.74) is 0.746. The summed E-state index contributed by atoms with van der Waals surface area (Å²) in [6.07, 6.45) is 2.18. The molecule has 1 aliphatic heterocycles. The number of carbonyl (C=O) groups excluding carboxylic acids is 1. The Hall–Kier alpha value is -1.00. The van der Waals surface area contributed by atoms with Crippen molar-refractivity contribution in [3.8, 4) is 0 Å². The van der Waals surface area contributed by atoms with Crippen molar-refractivity contribution in [3.63, 3.8) is 0 Å². The average Bonchev–Trinajstić information content (AvgIpc) is 2.41. The normalized spacial score (nSPS) is 22.8. The predicted octanol–water partition coefficient (Wildman–Crippen LogP) is 3.06. The quantitative estimate of drug-likeness (QED) is 0.838. The van der Waals surface area contributed by atoms with Gasteiger partial charge in [-0.1, -0.05) is 13.8 Å². The van der Waals surface area contributed by atoms with Crippen LogP contribution in [0.15, 0.2) is 29.2 Å². The number of piperidine rings is 1. The first kappa shape index (κ1) is 15.4. The Kier molecular flexibility index (Phi) is 5.49. The number of rotatable bonds is 4. The van der Waals surface area contributed by atoms with Crippen LogP contribution in [0.3, 0.4) is 0 Å². The minimum absolute atomic E-state index is 0.0339. The first-order chi connectivity index (χ1) is 9.56. The van der Waals surface area contributed by atoms with Crippen LogP contribution >= 0.6 is 11.8 Å². The summed E-state index contributed by atoms with van der Waals surface area (Å²) in [7, 11) is 0. The summed E-state index contributed by atoms with van der Waals surface area (Å²) in [6, 6.07) is 8.48. The molecule has 3 nitrogen and oxygen atoms in total. The molecular weight excluding hydrogens is 268 g/mol. The summed E-state index contributed by atoms with van der Waals surface area (Å²) in [6.45, 7) is 7.52. The van der Waals surface area contributed by atoms with E-state index in [4.69, 9.17) is 0 Å². The van der Waals surface area contributed by atoms with E-state index in [0.717, 1.165) is 24.9 Å². The number of nitrogens with one attached hydrogen (secondary N) is 2. The third-order valence-electron chi connectivity index (χ3n) is 3.57. The Balaban J connectivity index is 1.95. The van der Waals surface area contributed by atoms with Crippen LogP contribution in [0.4, 0.5) is 0 Å². The molecule has 1 aromatic rings. The third kappa shape index (κ3) is 4.25. The van der Waals surface area contributed by atoms with Crippen LogP contribution in [-0.2, 0) is 0 Å². The van der Waals surface area contributed by atoms with E-state index in [1.54, 1.807) is 0 Å². The van der Waals surface area contributed by atoms with Crippen LogP contribution in [0.1, 0.15) is 44.0 Å².